The first kappa shape index (κ1) is 10.3. The summed E-state index contributed by atoms with van der Waals surface area (Å²) in [5.74, 6) is -0.768. The molecule has 0 N–H and O–H groups in total. The fourth-order valence-corrected chi connectivity index (χ4v) is 0.517. The van der Waals surface area contributed by atoms with Crippen LogP contribution >= 0.6 is 0 Å². The Morgan fingerprint density at radius 2 is 2.09 bits per heavy atom. The first-order valence-electron chi connectivity index (χ1n) is 3.53. The summed E-state index contributed by atoms with van der Waals surface area (Å²) in [6.45, 7) is 6.30. The molecule has 0 aromatic heterocycles. The van der Waals surface area contributed by atoms with Crippen LogP contribution in [0, 0.1) is 5.41 Å². The fraction of sp³-hybridized carbons (Fsp3) is 0.625. The largest absolute Gasteiger partial charge is 0.444 e. The predicted octanol–water partition coefficient (Wildman–Crippen LogP) is 2.24. The topological polar surface area (TPSA) is 26.3 Å². The summed E-state index contributed by atoms with van der Waals surface area (Å²) in [7, 11) is 4.73. The number of allylic oxidation sites excluding steroid dienone is 1. The number of hydrogen-bond acceptors (Lipinski definition) is 2. The summed E-state index contributed by atoms with van der Waals surface area (Å²) >= 11 is 0. The average Bonchev–Trinajstić information content (AvgIpc) is 1.78. The van der Waals surface area contributed by atoms with E-state index in [0.717, 1.165) is 6.42 Å². The zero-order valence-electron chi connectivity index (χ0n) is 7.26. The van der Waals surface area contributed by atoms with E-state index in [0.29, 0.717) is 0 Å². The Morgan fingerprint density at radius 1 is 1.55 bits per heavy atom. The Hall–Kier alpha value is -0.725. The third-order valence-electron chi connectivity index (χ3n) is 1.01. The van der Waals surface area contributed by atoms with Crippen LogP contribution in [0.15, 0.2) is 12.3 Å². The molecule has 0 aromatic carbocycles. The molecule has 0 saturated carbocycles. The molecule has 0 spiro atoms. The minimum atomic E-state index is -0.768. The molecule has 0 aromatic rings. The van der Waals surface area contributed by atoms with Gasteiger partial charge in [-0.2, -0.15) is 0 Å². The SMILES string of the molecule is [B]C(=O)O/C=C/CC(C)(C)C. The molecule has 3 heteroatoms. The molecule has 0 aliphatic heterocycles. The molecule has 0 aliphatic rings. The molecule has 0 heterocycles. The van der Waals surface area contributed by atoms with E-state index in [1.54, 1.807) is 6.08 Å². The zero-order valence-corrected chi connectivity index (χ0v) is 7.26. The van der Waals surface area contributed by atoms with Crippen LogP contribution in [0.3, 0.4) is 0 Å². The summed E-state index contributed by atoms with van der Waals surface area (Å²) in [6, 6.07) is 0. The van der Waals surface area contributed by atoms with Crippen molar-refractivity contribution in [2.45, 2.75) is 27.2 Å². The van der Waals surface area contributed by atoms with Crippen molar-refractivity contribution in [1.29, 1.82) is 0 Å². The zero-order chi connectivity index (χ0) is 8.91. The minimum Gasteiger partial charge on any atom is -0.444 e. The molecule has 0 atom stereocenters. The highest BCUT2D eigenvalue weighted by molar-refractivity contribution is 6.55. The van der Waals surface area contributed by atoms with Crippen molar-refractivity contribution in [2.75, 3.05) is 0 Å². The molecule has 0 amide bonds. The predicted molar refractivity (Wildman–Crippen MR) is 45.4 cm³/mol. The van der Waals surface area contributed by atoms with Crippen molar-refractivity contribution in [3.05, 3.63) is 12.3 Å². The lowest BCUT2D eigenvalue weighted by molar-refractivity contribution is 0.211. The van der Waals surface area contributed by atoms with Crippen LogP contribution in [0.5, 0.6) is 0 Å². The van der Waals surface area contributed by atoms with Gasteiger partial charge in [0.25, 0.3) is 0 Å². The summed E-state index contributed by atoms with van der Waals surface area (Å²) in [6.07, 6.45) is 3.97. The van der Waals surface area contributed by atoms with Crippen molar-refractivity contribution < 1.29 is 9.53 Å². The van der Waals surface area contributed by atoms with Crippen LogP contribution in [0.25, 0.3) is 0 Å². The summed E-state index contributed by atoms with van der Waals surface area (Å²) < 4.78 is 4.40. The van der Waals surface area contributed by atoms with E-state index in [1.807, 2.05) is 0 Å². The number of carbonyl (C=O) groups excluding carboxylic acids is 1. The molecule has 0 fully saturated rings. The van der Waals surface area contributed by atoms with Gasteiger partial charge in [-0.1, -0.05) is 20.8 Å². The molecule has 0 rings (SSSR count). The molecule has 0 saturated heterocycles. The maximum absolute atomic E-state index is 10.1. The van der Waals surface area contributed by atoms with Gasteiger partial charge in [0.2, 0.25) is 13.7 Å². The van der Waals surface area contributed by atoms with Gasteiger partial charge in [0.1, 0.15) is 0 Å². The van der Waals surface area contributed by atoms with Gasteiger partial charge in [-0.05, 0) is 17.9 Å². The molecular weight excluding hydrogens is 139 g/mol. The van der Waals surface area contributed by atoms with Gasteiger partial charge in [-0.15, -0.1) is 0 Å². The van der Waals surface area contributed by atoms with Gasteiger partial charge < -0.3 is 4.74 Å². The molecule has 60 valence electrons. The highest BCUT2D eigenvalue weighted by Gasteiger charge is 2.06. The molecule has 0 unspecified atom stereocenters. The van der Waals surface area contributed by atoms with Gasteiger partial charge >= 0.3 is 0 Å². The van der Waals surface area contributed by atoms with Crippen LogP contribution in [0.1, 0.15) is 27.2 Å². The molecule has 11 heavy (non-hydrogen) atoms. The monoisotopic (exact) mass is 152 g/mol. The molecule has 2 radical (unpaired) electrons. The van der Waals surface area contributed by atoms with Crippen molar-refractivity contribution in [2.24, 2.45) is 5.41 Å². The van der Waals surface area contributed by atoms with Crippen LogP contribution in [0.4, 0.5) is 4.79 Å². The first-order chi connectivity index (χ1) is 4.92. The maximum atomic E-state index is 10.1. The fourth-order valence-electron chi connectivity index (χ4n) is 0.517. The summed E-state index contributed by atoms with van der Waals surface area (Å²) in [5.41, 5.74) is 0.220. The van der Waals surface area contributed by atoms with Crippen LogP contribution in [-0.2, 0) is 4.74 Å². The number of hydrogen-bond donors (Lipinski definition) is 0. The van der Waals surface area contributed by atoms with E-state index >= 15 is 0 Å². The van der Waals surface area contributed by atoms with Crippen molar-refractivity contribution >= 4 is 13.7 Å². The maximum Gasteiger partial charge on any atom is 0.240 e. The first-order valence-corrected chi connectivity index (χ1v) is 3.53. The van der Waals surface area contributed by atoms with Crippen LogP contribution in [-0.4, -0.2) is 13.7 Å². The highest BCUT2D eigenvalue weighted by Crippen LogP contribution is 2.18. The van der Waals surface area contributed by atoms with Gasteiger partial charge in [0, 0.05) is 0 Å². The molecule has 0 bridgehead atoms. The van der Waals surface area contributed by atoms with Gasteiger partial charge in [-0.3, -0.25) is 4.79 Å². The third kappa shape index (κ3) is 9.27. The second-order valence-electron chi connectivity index (χ2n) is 3.57. The van der Waals surface area contributed by atoms with Crippen molar-refractivity contribution in [1.82, 2.24) is 0 Å². The normalized spacial score (nSPS) is 11.9. The van der Waals surface area contributed by atoms with Crippen molar-refractivity contribution in [3.63, 3.8) is 0 Å². The second-order valence-corrected chi connectivity index (χ2v) is 3.57. The van der Waals surface area contributed by atoms with Gasteiger partial charge in [-0.25, -0.2) is 0 Å². The Labute approximate surface area is 69.0 Å². The molecule has 2 nitrogen and oxygen atoms in total. The quantitative estimate of drug-likeness (QED) is 0.448. The molecular formula is C8H13BO2. The van der Waals surface area contributed by atoms with Crippen LogP contribution < -0.4 is 0 Å². The number of rotatable bonds is 2. The minimum absolute atomic E-state index is 0.220. The van der Waals surface area contributed by atoms with Crippen molar-refractivity contribution in [3.8, 4) is 0 Å². The van der Waals surface area contributed by atoms with Crippen LogP contribution in [0.2, 0.25) is 0 Å². The Kier molecular flexibility index (Phi) is 3.94. The third-order valence-corrected chi connectivity index (χ3v) is 1.01. The van der Waals surface area contributed by atoms with E-state index < -0.39 is 5.87 Å². The summed E-state index contributed by atoms with van der Waals surface area (Å²) in [4.78, 5) is 10.1. The second kappa shape index (κ2) is 4.22. The lowest BCUT2D eigenvalue weighted by Gasteiger charge is -2.13. The van der Waals surface area contributed by atoms with Gasteiger partial charge in [0.05, 0.1) is 6.26 Å². The van der Waals surface area contributed by atoms with Gasteiger partial charge in [0.15, 0.2) is 0 Å². The number of ether oxygens (including phenoxy) is 1. The Morgan fingerprint density at radius 3 is 2.45 bits per heavy atom. The highest BCUT2D eigenvalue weighted by atomic mass is 16.5. The average molecular weight is 152 g/mol. The standard InChI is InChI=1S/C8H13BO2/c1-8(2,3)5-4-6-11-7(9)10/h4,6H,5H2,1-3H3/b6-4+. The van der Waals surface area contributed by atoms with E-state index in [9.17, 15) is 4.79 Å². The van der Waals surface area contributed by atoms with E-state index in [1.165, 1.54) is 6.26 Å². The van der Waals surface area contributed by atoms with E-state index in [-0.39, 0.29) is 5.41 Å². The summed E-state index contributed by atoms with van der Waals surface area (Å²) in [5, 5.41) is 0. The lowest BCUT2D eigenvalue weighted by atomic mass is 9.93. The molecule has 0 aliphatic carbocycles. The number of carbonyl (C=O) groups is 1. The van der Waals surface area contributed by atoms with E-state index in [2.05, 4.69) is 25.5 Å². The smallest absolute Gasteiger partial charge is 0.240 e. The van der Waals surface area contributed by atoms with E-state index in [4.69, 9.17) is 7.85 Å². The Bertz CT molecular complexity index is 156. The lowest BCUT2D eigenvalue weighted by Crippen LogP contribution is -2.02. The Balaban J connectivity index is 3.53.